The number of hydrogen-bond donors (Lipinski definition) is 1. The van der Waals surface area contributed by atoms with Crippen molar-refractivity contribution in [3.8, 4) is 11.5 Å². The summed E-state index contributed by atoms with van der Waals surface area (Å²) < 4.78 is 16.6. The third-order valence-corrected chi connectivity index (χ3v) is 5.37. The second-order valence-corrected chi connectivity index (χ2v) is 7.17. The topological polar surface area (TPSA) is 60.0 Å². The van der Waals surface area contributed by atoms with Crippen LogP contribution in [0.15, 0.2) is 48.5 Å². The molecule has 2 aromatic carbocycles. The summed E-state index contributed by atoms with van der Waals surface area (Å²) >= 11 is 0. The van der Waals surface area contributed by atoms with Crippen molar-refractivity contribution in [2.75, 3.05) is 32.7 Å². The van der Waals surface area contributed by atoms with Gasteiger partial charge in [0.1, 0.15) is 11.5 Å². The first-order chi connectivity index (χ1) is 13.7. The van der Waals surface area contributed by atoms with E-state index in [0.29, 0.717) is 29.8 Å². The van der Waals surface area contributed by atoms with E-state index in [1.54, 1.807) is 32.4 Å². The van der Waals surface area contributed by atoms with Crippen LogP contribution in [0.5, 0.6) is 11.5 Å². The first kappa shape index (κ1) is 18.8. The Morgan fingerprint density at radius 2 is 1.89 bits per heavy atom. The molecule has 0 aromatic heterocycles. The Balaban J connectivity index is 1.59. The molecule has 0 bridgehead atoms. The Hall–Kier alpha value is -2.57. The average molecular weight is 382 g/mol. The summed E-state index contributed by atoms with van der Waals surface area (Å²) in [7, 11) is 3.17. The highest BCUT2D eigenvalue weighted by molar-refractivity contribution is 5.96. The van der Waals surface area contributed by atoms with Crippen LogP contribution in [0.2, 0.25) is 0 Å². The van der Waals surface area contributed by atoms with E-state index in [1.165, 1.54) is 12.8 Å². The second kappa shape index (κ2) is 8.20. The SMILES string of the molecule is COc1ccc(NC(=O)[C@@H]2OCCN(C3CC3)[C@H]2c2ccccc2)c(OC)c1. The van der Waals surface area contributed by atoms with Gasteiger partial charge in [0.2, 0.25) is 0 Å². The number of nitrogens with one attached hydrogen (secondary N) is 1. The molecular formula is C22H26N2O4. The van der Waals surface area contributed by atoms with Crippen LogP contribution in [0.1, 0.15) is 24.4 Å². The van der Waals surface area contributed by atoms with Crippen molar-refractivity contribution >= 4 is 11.6 Å². The highest BCUT2D eigenvalue weighted by Gasteiger charge is 2.44. The van der Waals surface area contributed by atoms with Crippen LogP contribution in [0.25, 0.3) is 0 Å². The van der Waals surface area contributed by atoms with Gasteiger partial charge >= 0.3 is 0 Å². The van der Waals surface area contributed by atoms with Gasteiger partial charge in [0, 0.05) is 18.7 Å². The van der Waals surface area contributed by atoms with Gasteiger partial charge in [0.05, 0.1) is 32.6 Å². The number of benzene rings is 2. The number of methoxy groups -OCH3 is 2. The summed E-state index contributed by atoms with van der Waals surface area (Å²) in [4.78, 5) is 15.6. The quantitative estimate of drug-likeness (QED) is 0.831. The zero-order valence-corrected chi connectivity index (χ0v) is 16.3. The number of ether oxygens (including phenoxy) is 3. The summed E-state index contributed by atoms with van der Waals surface area (Å²) in [5.41, 5.74) is 1.71. The molecule has 1 heterocycles. The molecule has 0 unspecified atom stereocenters. The standard InChI is InChI=1S/C22H26N2O4/c1-26-17-10-11-18(19(14-17)27-2)23-22(25)21-20(15-6-4-3-5-7-15)24(12-13-28-21)16-8-9-16/h3-7,10-11,14,16,20-21H,8-9,12-13H2,1-2H3,(H,23,25)/t20-,21+/m0/s1. The molecule has 148 valence electrons. The Labute approximate surface area is 165 Å². The molecule has 28 heavy (non-hydrogen) atoms. The predicted octanol–water partition coefficient (Wildman–Crippen LogP) is 3.25. The molecule has 1 saturated heterocycles. The number of carbonyl (C=O) groups is 1. The van der Waals surface area contributed by atoms with E-state index in [-0.39, 0.29) is 11.9 Å². The van der Waals surface area contributed by atoms with E-state index >= 15 is 0 Å². The van der Waals surface area contributed by atoms with Crippen molar-refractivity contribution in [3.63, 3.8) is 0 Å². The van der Waals surface area contributed by atoms with Gasteiger partial charge in [-0.1, -0.05) is 30.3 Å². The lowest BCUT2D eigenvalue weighted by molar-refractivity contribution is -0.141. The van der Waals surface area contributed by atoms with Gasteiger partial charge < -0.3 is 19.5 Å². The van der Waals surface area contributed by atoms with Crippen LogP contribution in [-0.4, -0.2) is 50.3 Å². The first-order valence-corrected chi connectivity index (χ1v) is 9.66. The lowest BCUT2D eigenvalue weighted by Crippen LogP contribution is -2.51. The number of morpholine rings is 1. The fourth-order valence-electron chi connectivity index (χ4n) is 3.85. The van der Waals surface area contributed by atoms with Crippen molar-refractivity contribution in [2.24, 2.45) is 0 Å². The second-order valence-electron chi connectivity index (χ2n) is 7.17. The number of carbonyl (C=O) groups excluding carboxylic acids is 1. The molecule has 0 radical (unpaired) electrons. The minimum absolute atomic E-state index is 0.0910. The van der Waals surface area contributed by atoms with Crippen molar-refractivity contribution in [2.45, 2.75) is 31.0 Å². The van der Waals surface area contributed by atoms with Crippen LogP contribution >= 0.6 is 0 Å². The van der Waals surface area contributed by atoms with Gasteiger partial charge in [-0.25, -0.2) is 0 Å². The van der Waals surface area contributed by atoms with Gasteiger partial charge in [-0.2, -0.15) is 0 Å². The van der Waals surface area contributed by atoms with E-state index in [1.807, 2.05) is 18.2 Å². The van der Waals surface area contributed by atoms with Crippen molar-refractivity contribution in [1.29, 1.82) is 0 Å². The maximum atomic E-state index is 13.2. The van der Waals surface area contributed by atoms with Gasteiger partial charge in [0.25, 0.3) is 5.91 Å². The van der Waals surface area contributed by atoms with Gasteiger partial charge in [0.15, 0.2) is 6.10 Å². The lowest BCUT2D eigenvalue weighted by atomic mass is 9.97. The predicted molar refractivity (Wildman–Crippen MR) is 107 cm³/mol. The largest absolute Gasteiger partial charge is 0.497 e. The molecule has 1 amide bonds. The zero-order valence-electron chi connectivity index (χ0n) is 16.3. The number of amides is 1. The fraction of sp³-hybridized carbons (Fsp3) is 0.409. The first-order valence-electron chi connectivity index (χ1n) is 9.66. The van der Waals surface area contributed by atoms with E-state index in [4.69, 9.17) is 14.2 Å². The summed E-state index contributed by atoms with van der Waals surface area (Å²) in [6.45, 7) is 1.40. The van der Waals surface area contributed by atoms with Gasteiger partial charge in [-0.05, 0) is 30.5 Å². The highest BCUT2D eigenvalue weighted by atomic mass is 16.5. The van der Waals surface area contributed by atoms with E-state index in [0.717, 1.165) is 12.1 Å². The number of rotatable bonds is 6. The zero-order chi connectivity index (χ0) is 19.5. The summed E-state index contributed by atoms with van der Waals surface area (Å²) in [6.07, 6.45) is 1.79. The maximum absolute atomic E-state index is 13.2. The molecule has 1 aliphatic heterocycles. The molecule has 1 N–H and O–H groups in total. The summed E-state index contributed by atoms with van der Waals surface area (Å²) in [5, 5.41) is 2.99. The molecule has 0 spiro atoms. The maximum Gasteiger partial charge on any atom is 0.255 e. The highest BCUT2D eigenvalue weighted by Crippen LogP contribution is 2.39. The fourth-order valence-corrected chi connectivity index (χ4v) is 3.85. The molecule has 4 rings (SSSR count). The molecule has 6 nitrogen and oxygen atoms in total. The van der Waals surface area contributed by atoms with Crippen LogP contribution < -0.4 is 14.8 Å². The molecule has 1 aliphatic carbocycles. The molecule has 2 aliphatic rings. The van der Waals surface area contributed by atoms with E-state index in [2.05, 4.69) is 22.3 Å². The Kier molecular flexibility index (Phi) is 5.50. The molecule has 2 atom stereocenters. The average Bonchev–Trinajstić information content (AvgIpc) is 3.59. The van der Waals surface area contributed by atoms with Crippen molar-refractivity contribution in [1.82, 2.24) is 4.90 Å². The minimum Gasteiger partial charge on any atom is -0.497 e. The third kappa shape index (κ3) is 3.84. The van der Waals surface area contributed by atoms with Crippen LogP contribution in [0.4, 0.5) is 5.69 Å². The van der Waals surface area contributed by atoms with E-state index in [9.17, 15) is 4.79 Å². The van der Waals surface area contributed by atoms with Crippen molar-refractivity contribution < 1.29 is 19.0 Å². The molecule has 2 fully saturated rings. The van der Waals surface area contributed by atoms with Crippen LogP contribution in [-0.2, 0) is 9.53 Å². The Morgan fingerprint density at radius 1 is 1.11 bits per heavy atom. The van der Waals surface area contributed by atoms with Crippen LogP contribution in [0.3, 0.4) is 0 Å². The summed E-state index contributed by atoms with van der Waals surface area (Å²) in [5.74, 6) is 1.06. The lowest BCUT2D eigenvalue weighted by Gasteiger charge is -2.41. The molecular weight excluding hydrogens is 356 g/mol. The molecule has 6 heteroatoms. The third-order valence-electron chi connectivity index (χ3n) is 5.37. The Morgan fingerprint density at radius 3 is 2.57 bits per heavy atom. The molecule has 2 aromatic rings. The monoisotopic (exact) mass is 382 g/mol. The molecule has 1 saturated carbocycles. The van der Waals surface area contributed by atoms with E-state index < -0.39 is 6.10 Å². The van der Waals surface area contributed by atoms with Crippen LogP contribution in [0, 0.1) is 0 Å². The minimum atomic E-state index is -0.580. The Bertz CT molecular complexity index is 823. The number of hydrogen-bond acceptors (Lipinski definition) is 5. The smallest absolute Gasteiger partial charge is 0.255 e. The normalized spacial score (nSPS) is 22.5. The van der Waals surface area contributed by atoms with Gasteiger partial charge in [-0.3, -0.25) is 9.69 Å². The summed E-state index contributed by atoms with van der Waals surface area (Å²) in [6, 6.07) is 15.9. The number of anilines is 1. The van der Waals surface area contributed by atoms with Gasteiger partial charge in [-0.15, -0.1) is 0 Å². The number of nitrogens with zero attached hydrogens (tertiary/aromatic N) is 1. The van der Waals surface area contributed by atoms with Crippen molar-refractivity contribution in [3.05, 3.63) is 54.1 Å².